The number of amides is 2. The molecule has 0 aliphatic rings. The number of ether oxygens (including phenoxy) is 3. The highest BCUT2D eigenvalue weighted by molar-refractivity contribution is 5.95. The van der Waals surface area contributed by atoms with Crippen molar-refractivity contribution in [2.45, 2.75) is 6.42 Å². The van der Waals surface area contributed by atoms with Crippen LogP contribution >= 0.6 is 0 Å². The zero-order valence-corrected chi connectivity index (χ0v) is 19.1. The molecule has 0 saturated carbocycles. The number of nitrogens with zero attached hydrogens (tertiary/aromatic N) is 1. The van der Waals surface area contributed by atoms with Crippen molar-refractivity contribution in [2.24, 2.45) is 5.10 Å². The number of methoxy groups -OCH3 is 2. The van der Waals surface area contributed by atoms with Crippen LogP contribution in [0.25, 0.3) is 0 Å². The third kappa shape index (κ3) is 7.37. The lowest BCUT2D eigenvalue weighted by molar-refractivity contribution is -0.123. The average Bonchev–Trinajstić information content (AvgIpc) is 2.88. The fourth-order valence-electron chi connectivity index (χ4n) is 3.05. The first-order valence-corrected chi connectivity index (χ1v) is 10.7. The molecule has 176 valence electrons. The van der Waals surface area contributed by atoms with E-state index in [0.29, 0.717) is 29.4 Å². The Balaban J connectivity index is 1.41. The van der Waals surface area contributed by atoms with E-state index in [1.807, 2.05) is 30.3 Å². The molecule has 0 saturated heterocycles. The Morgan fingerprint density at radius 1 is 0.912 bits per heavy atom. The van der Waals surface area contributed by atoms with Gasteiger partial charge in [-0.15, -0.1) is 0 Å². The molecule has 3 rings (SSSR count). The van der Waals surface area contributed by atoms with Crippen LogP contribution in [0.15, 0.2) is 77.9 Å². The predicted molar refractivity (Wildman–Crippen MR) is 130 cm³/mol. The first-order chi connectivity index (χ1) is 16.6. The summed E-state index contributed by atoms with van der Waals surface area (Å²) in [4.78, 5) is 24.2. The maximum Gasteiger partial charge on any atom is 0.271 e. The third-order valence-corrected chi connectivity index (χ3v) is 4.85. The molecule has 2 N–H and O–H groups in total. The van der Waals surface area contributed by atoms with Crippen molar-refractivity contribution in [3.05, 3.63) is 89.5 Å². The van der Waals surface area contributed by atoms with Gasteiger partial charge in [0.25, 0.3) is 11.8 Å². The van der Waals surface area contributed by atoms with Gasteiger partial charge in [-0.05, 0) is 60.0 Å². The van der Waals surface area contributed by atoms with Crippen LogP contribution in [0.4, 0.5) is 0 Å². The van der Waals surface area contributed by atoms with Gasteiger partial charge in [0, 0.05) is 12.1 Å². The summed E-state index contributed by atoms with van der Waals surface area (Å²) in [6.07, 6.45) is 2.28. The van der Waals surface area contributed by atoms with Crippen molar-refractivity contribution in [3.8, 4) is 17.2 Å². The van der Waals surface area contributed by atoms with Crippen LogP contribution in [-0.2, 0) is 11.2 Å². The monoisotopic (exact) mass is 461 g/mol. The number of hydrogen-bond donors (Lipinski definition) is 2. The number of nitrogens with one attached hydrogen (secondary N) is 2. The number of hydrogen-bond acceptors (Lipinski definition) is 6. The van der Waals surface area contributed by atoms with Gasteiger partial charge in [0.1, 0.15) is 5.75 Å². The first kappa shape index (κ1) is 24.3. The maximum atomic E-state index is 12.3. The summed E-state index contributed by atoms with van der Waals surface area (Å²) in [5.41, 5.74) is 4.79. The van der Waals surface area contributed by atoms with E-state index in [4.69, 9.17) is 14.2 Å². The van der Waals surface area contributed by atoms with Crippen LogP contribution in [0.5, 0.6) is 17.2 Å². The second-order valence-corrected chi connectivity index (χ2v) is 7.21. The summed E-state index contributed by atoms with van der Waals surface area (Å²) in [5, 5.41) is 6.82. The molecule has 0 radical (unpaired) electrons. The minimum Gasteiger partial charge on any atom is -0.493 e. The molecule has 0 spiro atoms. The SMILES string of the molecule is COc1ccc(C(=O)N/N=C/c2ccc(OCC(=O)NCCc3ccccc3)cc2)cc1OC. The van der Waals surface area contributed by atoms with Crippen molar-refractivity contribution < 1.29 is 23.8 Å². The summed E-state index contributed by atoms with van der Waals surface area (Å²) in [7, 11) is 3.03. The molecule has 0 aliphatic carbocycles. The van der Waals surface area contributed by atoms with Crippen molar-refractivity contribution >= 4 is 18.0 Å². The number of carbonyl (C=O) groups is 2. The van der Waals surface area contributed by atoms with E-state index in [0.717, 1.165) is 12.0 Å². The molecule has 3 aromatic carbocycles. The smallest absolute Gasteiger partial charge is 0.271 e. The normalized spacial score (nSPS) is 10.5. The van der Waals surface area contributed by atoms with E-state index >= 15 is 0 Å². The molecule has 0 unspecified atom stereocenters. The average molecular weight is 462 g/mol. The zero-order valence-electron chi connectivity index (χ0n) is 19.1. The standard InChI is InChI=1S/C26H27N3O5/c1-32-23-13-10-21(16-24(23)33-2)26(31)29-28-17-20-8-11-22(12-9-20)34-18-25(30)27-15-14-19-6-4-3-5-7-19/h3-13,16-17H,14-15,18H2,1-2H3,(H,27,30)(H,29,31)/b28-17+. The van der Waals surface area contributed by atoms with Crippen LogP contribution in [0.2, 0.25) is 0 Å². The third-order valence-electron chi connectivity index (χ3n) is 4.85. The Labute approximate surface area is 198 Å². The van der Waals surface area contributed by atoms with Crippen LogP contribution < -0.4 is 25.0 Å². The van der Waals surface area contributed by atoms with Gasteiger partial charge in [-0.3, -0.25) is 9.59 Å². The van der Waals surface area contributed by atoms with Gasteiger partial charge in [-0.25, -0.2) is 5.43 Å². The Bertz CT molecular complexity index is 1120. The van der Waals surface area contributed by atoms with Crippen LogP contribution in [-0.4, -0.2) is 45.4 Å². The van der Waals surface area contributed by atoms with Crippen molar-refractivity contribution in [1.29, 1.82) is 0 Å². The Hall–Kier alpha value is -4.33. The quantitative estimate of drug-likeness (QED) is 0.338. The Morgan fingerprint density at radius 2 is 1.65 bits per heavy atom. The van der Waals surface area contributed by atoms with Gasteiger partial charge in [0.2, 0.25) is 0 Å². The summed E-state index contributed by atoms with van der Waals surface area (Å²) in [6.45, 7) is 0.486. The van der Waals surface area contributed by atoms with Gasteiger partial charge in [-0.1, -0.05) is 30.3 Å². The molecule has 3 aromatic rings. The Morgan fingerprint density at radius 3 is 2.35 bits per heavy atom. The molecule has 0 aromatic heterocycles. The lowest BCUT2D eigenvalue weighted by Crippen LogP contribution is -2.30. The minimum absolute atomic E-state index is 0.0659. The molecule has 34 heavy (non-hydrogen) atoms. The lowest BCUT2D eigenvalue weighted by Gasteiger charge is -2.08. The second kappa shape index (κ2) is 12.6. The highest BCUT2D eigenvalue weighted by Gasteiger charge is 2.10. The minimum atomic E-state index is -0.379. The van der Waals surface area contributed by atoms with E-state index in [9.17, 15) is 9.59 Å². The van der Waals surface area contributed by atoms with Crippen LogP contribution in [0, 0.1) is 0 Å². The van der Waals surface area contributed by atoms with Gasteiger partial charge in [0.15, 0.2) is 18.1 Å². The van der Waals surface area contributed by atoms with Gasteiger partial charge in [0.05, 0.1) is 20.4 Å². The highest BCUT2D eigenvalue weighted by atomic mass is 16.5. The maximum absolute atomic E-state index is 12.3. The van der Waals surface area contributed by atoms with E-state index in [1.165, 1.54) is 26.0 Å². The predicted octanol–water partition coefficient (Wildman–Crippen LogP) is 3.21. The van der Waals surface area contributed by atoms with Crippen molar-refractivity contribution in [2.75, 3.05) is 27.4 Å². The van der Waals surface area contributed by atoms with E-state index < -0.39 is 0 Å². The molecule has 0 fully saturated rings. The van der Waals surface area contributed by atoms with Gasteiger partial charge < -0.3 is 19.5 Å². The largest absolute Gasteiger partial charge is 0.493 e. The molecule has 0 heterocycles. The van der Waals surface area contributed by atoms with Gasteiger partial charge in [-0.2, -0.15) is 5.10 Å². The number of hydrazone groups is 1. The number of carbonyl (C=O) groups excluding carboxylic acids is 2. The second-order valence-electron chi connectivity index (χ2n) is 7.21. The van der Waals surface area contributed by atoms with Crippen molar-refractivity contribution in [1.82, 2.24) is 10.7 Å². The molecule has 0 bridgehead atoms. The fraction of sp³-hybridized carbons (Fsp3) is 0.192. The molecule has 8 nitrogen and oxygen atoms in total. The molecule has 0 aliphatic heterocycles. The summed E-state index contributed by atoms with van der Waals surface area (Å²) in [5.74, 6) is 0.994. The summed E-state index contributed by atoms with van der Waals surface area (Å²) < 4.78 is 15.9. The first-order valence-electron chi connectivity index (χ1n) is 10.7. The van der Waals surface area contributed by atoms with Crippen LogP contribution in [0.1, 0.15) is 21.5 Å². The summed E-state index contributed by atoms with van der Waals surface area (Å²) >= 11 is 0. The van der Waals surface area contributed by atoms with E-state index in [-0.39, 0.29) is 18.4 Å². The topological polar surface area (TPSA) is 98.3 Å². The van der Waals surface area contributed by atoms with Crippen molar-refractivity contribution in [3.63, 3.8) is 0 Å². The van der Waals surface area contributed by atoms with Gasteiger partial charge >= 0.3 is 0 Å². The lowest BCUT2D eigenvalue weighted by atomic mass is 10.1. The number of rotatable bonds is 11. The van der Waals surface area contributed by atoms with E-state index in [1.54, 1.807) is 42.5 Å². The van der Waals surface area contributed by atoms with E-state index in [2.05, 4.69) is 15.8 Å². The Kier molecular flexibility index (Phi) is 9.04. The fourth-order valence-corrected chi connectivity index (χ4v) is 3.05. The zero-order chi connectivity index (χ0) is 24.2. The molecule has 2 amide bonds. The number of benzene rings is 3. The molecular weight excluding hydrogens is 434 g/mol. The highest BCUT2D eigenvalue weighted by Crippen LogP contribution is 2.27. The summed E-state index contributed by atoms with van der Waals surface area (Å²) in [6, 6.07) is 21.8. The molecule has 0 atom stereocenters. The molecular formula is C26H27N3O5. The molecule has 8 heteroatoms. The van der Waals surface area contributed by atoms with Crippen LogP contribution in [0.3, 0.4) is 0 Å².